The van der Waals surface area contributed by atoms with Gasteiger partial charge in [-0.25, -0.2) is 8.78 Å². The van der Waals surface area contributed by atoms with E-state index in [1.165, 1.54) is 6.07 Å². The van der Waals surface area contributed by atoms with Crippen molar-refractivity contribution in [2.24, 2.45) is 0 Å². The minimum atomic E-state index is -1.90. The standard InChI is InChI=1S/C9H10BrClF2Si/c1-14(2,3)9-5(10)4-6(11)7(12)8(9)13/h4H,1-3H3. The normalized spacial score (nSPS) is 11.9. The second kappa shape index (κ2) is 3.91. The zero-order valence-corrected chi connectivity index (χ0v) is 11.4. The maximum absolute atomic E-state index is 13.6. The molecule has 0 heterocycles. The zero-order chi connectivity index (χ0) is 11.1. The highest BCUT2D eigenvalue weighted by Crippen LogP contribution is 2.24. The van der Waals surface area contributed by atoms with E-state index < -0.39 is 19.7 Å². The Morgan fingerprint density at radius 1 is 1.21 bits per heavy atom. The van der Waals surface area contributed by atoms with E-state index in [1.807, 2.05) is 19.6 Å². The molecule has 1 aromatic carbocycles. The van der Waals surface area contributed by atoms with Crippen LogP contribution in [0.15, 0.2) is 10.5 Å². The summed E-state index contributed by atoms with van der Waals surface area (Å²) in [6.45, 7) is 5.84. The average Bonchev–Trinajstić information content (AvgIpc) is 1.97. The summed E-state index contributed by atoms with van der Waals surface area (Å²) in [5.41, 5.74) is 0. The van der Waals surface area contributed by atoms with Crippen molar-refractivity contribution in [1.29, 1.82) is 0 Å². The van der Waals surface area contributed by atoms with E-state index >= 15 is 0 Å². The quantitative estimate of drug-likeness (QED) is 0.419. The van der Waals surface area contributed by atoms with Gasteiger partial charge in [-0.15, -0.1) is 0 Å². The molecular weight excluding hydrogens is 290 g/mol. The van der Waals surface area contributed by atoms with Crippen LogP contribution in [0.25, 0.3) is 0 Å². The largest absolute Gasteiger partial charge is 0.204 e. The van der Waals surface area contributed by atoms with Gasteiger partial charge in [-0.05, 0) is 11.3 Å². The van der Waals surface area contributed by atoms with Gasteiger partial charge in [-0.2, -0.15) is 0 Å². The van der Waals surface area contributed by atoms with Crippen LogP contribution in [-0.2, 0) is 0 Å². The van der Waals surface area contributed by atoms with Crippen LogP contribution < -0.4 is 5.19 Å². The summed E-state index contributed by atoms with van der Waals surface area (Å²) in [5, 5.41) is 0.260. The molecule has 78 valence electrons. The molecule has 0 N–H and O–H groups in total. The Balaban J connectivity index is 3.53. The molecule has 0 unspecified atom stereocenters. The third-order valence-electron chi connectivity index (χ3n) is 1.86. The van der Waals surface area contributed by atoms with Gasteiger partial charge in [0.15, 0.2) is 11.6 Å². The van der Waals surface area contributed by atoms with Crippen molar-refractivity contribution >= 4 is 40.8 Å². The maximum Gasteiger partial charge on any atom is 0.177 e. The van der Waals surface area contributed by atoms with Gasteiger partial charge in [0, 0.05) is 4.47 Å². The van der Waals surface area contributed by atoms with Crippen LogP contribution in [0, 0.1) is 11.6 Å². The summed E-state index contributed by atoms with van der Waals surface area (Å²) in [6, 6.07) is 1.41. The fourth-order valence-electron chi connectivity index (χ4n) is 1.25. The van der Waals surface area contributed by atoms with Crippen molar-refractivity contribution in [3.8, 4) is 0 Å². The molecule has 0 fully saturated rings. The van der Waals surface area contributed by atoms with Crippen LogP contribution >= 0.6 is 27.5 Å². The molecule has 0 amide bonds. The van der Waals surface area contributed by atoms with Crippen LogP contribution in [-0.4, -0.2) is 8.07 Å². The first kappa shape index (κ1) is 12.1. The van der Waals surface area contributed by atoms with Gasteiger partial charge < -0.3 is 0 Å². The second-order valence-corrected chi connectivity index (χ2v) is 10.4. The Bertz CT molecular complexity index is 374. The van der Waals surface area contributed by atoms with Crippen LogP contribution in [0.5, 0.6) is 0 Å². The molecule has 0 spiro atoms. The summed E-state index contributed by atoms with van der Waals surface area (Å²) < 4.78 is 27.3. The predicted molar refractivity (Wildman–Crippen MR) is 62.0 cm³/mol. The van der Waals surface area contributed by atoms with E-state index in [4.69, 9.17) is 11.6 Å². The summed E-state index contributed by atoms with van der Waals surface area (Å²) in [7, 11) is -1.90. The highest BCUT2D eigenvalue weighted by molar-refractivity contribution is 9.10. The summed E-state index contributed by atoms with van der Waals surface area (Å²) in [5.74, 6) is -1.77. The van der Waals surface area contributed by atoms with Gasteiger partial charge >= 0.3 is 0 Å². The number of benzene rings is 1. The van der Waals surface area contributed by atoms with Crippen LogP contribution in [0.3, 0.4) is 0 Å². The molecule has 0 atom stereocenters. The number of hydrogen-bond donors (Lipinski definition) is 0. The predicted octanol–water partition coefficient (Wildman–Crippen LogP) is 3.93. The Labute approximate surface area is 96.4 Å². The van der Waals surface area contributed by atoms with Crippen molar-refractivity contribution in [1.82, 2.24) is 0 Å². The average molecular weight is 300 g/mol. The lowest BCUT2D eigenvalue weighted by atomic mass is 10.3. The molecule has 0 aromatic heterocycles. The minimum absolute atomic E-state index is 0.184. The Hall–Kier alpha value is 0.0669. The summed E-state index contributed by atoms with van der Waals surface area (Å²) in [6.07, 6.45) is 0. The van der Waals surface area contributed by atoms with E-state index in [1.54, 1.807) is 0 Å². The van der Waals surface area contributed by atoms with E-state index in [9.17, 15) is 8.78 Å². The molecule has 5 heteroatoms. The molecule has 0 saturated heterocycles. The highest BCUT2D eigenvalue weighted by Gasteiger charge is 2.27. The molecule has 0 aliphatic heterocycles. The first-order chi connectivity index (χ1) is 6.25. The van der Waals surface area contributed by atoms with E-state index in [0.717, 1.165) is 0 Å². The van der Waals surface area contributed by atoms with Gasteiger partial charge in [0.05, 0.1) is 13.1 Å². The lowest BCUT2D eigenvalue weighted by Gasteiger charge is -2.20. The van der Waals surface area contributed by atoms with Crippen molar-refractivity contribution in [2.75, 3.05) is 0 Å². The third-order valence-corrected chi connectivity index (χ3v) is 5.12. The molecule has 1 rings (SSSR count). The fourth-order valence-corrected chi connectivity index (χ4v) is 5.32. The molecular formula is C9H10BrClF2Si. The molecule has 0 saturated carbocycles. The van der Waals surface area contributed by atoms with E-state index in [-0.39, 0.29) is 5.02 Å². The van der Waals surface area contributed by atoms with Crippen LogP contribution in [0.2, 0.25) is 24.7 Å². The van der Waals surface area contributed by atoms with E-state index in [0.29, 0.717) is 9.66 Å². The van der Waals surface area contributed by atoms with Crippen molar-refractivity contribution < 1.29 is 8.78 Å². The van der Waals surface area contributed by atoms with Gasteiger partial charge in [-0.3, -0.25) is 0 Å². The number of halogens is 4. The first-order valence-corrected chi connectivity index (χ1v) is 8.75. The van der Waals surface area contributed by atoms with Gasteiger partial charge in [0.1, 0.15) is 0 Å². The topological polar surface area (TPSA) is 0 Å². The summed E-state index contributed by atoms with van der Waals surface area (Å²) >= 11 is 8.72. The van der Waals surface area contributed by atoms with Crippen LogP contribution in [0.1, 0.15) is 0 Å². The molecule has 0 aliphatic rings. The minimum Gasteiger partial charge on any atom is -0.204 e. The Kier molecular flexibility index (Phi) is 3.39. The van der Waals surface area contributed by atoms with E-state index in [2.05, 4.69) is 15.9 Å². The lowest BCUT2D eigenvalue weighted by molar-refractivity contribution is 0.513. The Morgan fingerprint density at radius 2 is 1.71 bits per heavy atom. The monoisotopic (exact) mass is 298 g/mol. The summed E-state index contributed by atoms with van der Waals surface area (Å²) in [4.78, 5) is 0. The molecule has 14 heavy (non-hydrogen) atoms. The smallest absolute Gasteiger partial charge is 0.177 e. The fraction of sp³-hybridized carbons (Fsp3) is 0.333. The number of hydrogen-bond acceptors (Lipinski definition) is 0. The van der Waals surface area contributed by atoms with Crippen molar-refractivity contribution in [3.05, 3.63) is 27.2 Å². The van der Waals surface area contributed by atoms with Gasteiger partial charge in [0.2, 0.25) is 0 Å². The zero-order valence-electron chi connectivity index (χ0n) is 8.09. The lowest BCUT2D eigenvalue weighted by Crippen LogP contribution is -2.41. The van der Waals surface area contributed by atoms with Gasteiger partial charge in [0.25, 0.3) is 0 Å². The molecule has 0 radical (unpaired) electrons. The molecule has 0 bridgehead atoms. The highest BCUT2D eigenvalue weighted by atomic mass is 79.9. The maximum atomic E-state index is 13.6. The van der Waals surface area contributed by atoms with Crippen molar-refractivity contribution in [2.45, 2.75) is 19.6 Å². The SMILES string of the molecule is C[Si](C)(C)c1c(Br)cc(Cl)c(F)c1F. The second-order valence-electron chi connectivity index (χ2n) is 4.09. The number of rotatable bonds is 1. The third kappa shape index (κ3) is 2.18. The molecule has 0 aliphatic carbocycles. The Morgan fingerprint density at radius 3 is 2.14 bits per heavy atom. The van der Waals surface area contributed by atoms with Crippen LogP contribution in [0.4, 0.5) is 8.78 Å². The molecule has 0 nitrogen and oxygen atoms in total. The van der Waals surface area contributed by atoms with Crippen molar-refractivity contribution in [3.63, 3.8) is 0 Å². The molecule has 1 aromatic rings. The van der Waals surface area contributed by atoms with Gasteiger partial charge in [-0.1, -0.05) is 47.2 Å². The first-order valence-electron chi connectivity index (χ1n) is 4.08.